The zero-order chi connectivity index (χ0) is 21.8. The van der Waals surface area contributed by atoms with E-state index in [0.29, 0.717) is 23.7 Å². The van der Waals surface area contributed by atoms with Crippen LogP contribution in [0, 0.1) is 11.7 Å². The smallest absolute Gasteiger partial charge is 0.251 e. The lowest BCUT2D eigenvalue weighted by molar-refractivity contribution is -0.107. The molecule has 8 heteroatoms. The lowest BCUT2D eigenvalue weighted by atomic mass is 9.84. The van der Waals surface area contributed by atoms with Gasteiger partial charge in [0.25, 0.3) is 5.91 Å². The number of benzene rings is 2. The molecule has 31 heavy (non-hydrogen) atoms. The zero-order valence-corrected chi connectivity index (χ0v) is 17.7. The average Bonchev–Trinajstić information content (AvgIpc) is 3.24. The standard InChI is InChI=1S/C23H24ClFN4O2/c24-19-12-17(25)4-8-22(19)29(14-30)10-9-15-1-5-18(6-2-15)28-23(31)16-3-7-20-21(11-16)27-13-26-20/h3-4,7-8,11-15,18H,1-2,5-6,9-10H2,(H,26,27)(H,28,31). The maximum atomic E-state index is 13.3. The second-order valence-corrected chi connectivity index (χ2v) is 8.42. The minimum absolute atomic E-state index is 0.0713. The third kappa shape index (κ3) is 5.05. The molecule has 0 radical (unpaired) electrons. The Hall–Kier alpha value is -2.93. The number of aromatic nitrogens is 2. The van der Waals surface area contributed by atoms with E-state index in [1.165, 1.54) is 23.1 Å². The second-order valence-electron chi connectivity index (χ2n) is 8.01. The summed E-state index contributed by atoms with van der Waals surface area (Å²) in [4.78, 5) is 32.8. The Labute approximate surface area is 184 Å². The Morgan fingerprint density at radius 3 is 2.77 bits per heavy atom. The van der Waals surface area contributed by atoms with Gasteiger partial charge in [-0.25, -0.2) is 9.37 Å². The summed E-state index contributed by atoms with van der Waals surface area (Å²) in [5, 5.41) is 3.36. The number of hydrogen-bond donors (Lipinski definition) is 2. The number of hydrogen-bond acceptors (Lipinski definition) is 3. The number of carbonyl (C=O) groups is 2. The van der Waals surface area contributed by atoms with E-state index in [-0.39, 0.29) is 17.0 Å². The molecule has 1 aromatic heterocycles. The van der Waals surface area contributed by atoms with Gasteiger partial charge in [0.05, 0.1) is 28.1 Å². The minimum Gasteiger partial charge on any atom is -0.349 e. The molecule has 2 amide bonds. The number of nitrogens with one attached hydrogen (secondary N) is 2. The lowest BCUT2D eigenvalue weighted by Crippen LogP contribution is -2.38. The van der Waals surface area contributed by atoms with Crippen LogP contribution in [0.5, 0.6) is 0 Å². The predicted molar refractivity (Wildman–Crippen MR) is 119 cm³/mol. The van der Waals surface area contributed by atoms with Crippen molar-refractivity contribution >= 4 is 40.6 Å². The maximum Gasteiger partial charge on any atom is 0.251 e. The molecule has 0 bridgehead atoms. The molecule has 0 unspecified atom stereocenters. The highest BCUT2D eigenvalue weighted by molar-refractivity contribution is 6.33. The molecule has 1 heterocycles. The number of anilines is 1. The highest BCUT2D eigenvalue weighted by Crippen LogP contribution is 2.30. The number of halogens is 2. The Morgan fingerprint density at radius 2 is 2.03 bits per heavy atom. The van der Waals surface area contributed by atoms with Gasteiger partial charge in [-0.3, -0.25) is 9.59 Å². The van der Waals surface area contributed by atoms with Gasteiger partial charge in [-0.1, -0.05) is 11.6 Å². The maximum absolute atomic E-state index is 13.3. The molecule has 6 nitrogen and oxygen atoms in total. The van der Waals surface area contributed by atoms with Crippen LogP contribution >= 0.6 is 11.6 Å². The summed E-state index contributed by atoms with van der Waals surface area (Å²) in [7, 11) is 0. The number of aromatic amines is 1. The third-order valence-corrected chi connectivity index (χ3v) is 6.29. The number of fused-ring (bicyclic) bond motifs is 1. The first kappa shape index (κ1) is 21.3. The van der Waals surface area contributed by atoms with Gasteiger partial charge in [0.1, 0.15) is 5.82 Å². The van der Waals surface area contributed by atoms with Crippen LogP contribution in [0.2, 0.25) is 5.02 Å². The Morgan fingerprint density at radius 1 is 1.23 bits per heavy atom. The fraction of sp³-hybridized carbons (Fsp3) is 0.348. The van der Waals surface area contributed by atoms with E-state index in [1.807, 2.05) is 12.1 Å². The predicted octanol–water partition coefficient (Wildman–Crippen LogP) is 4.70. The molecule has 3 aromatic rings. The summed E-state index contributed by atoms with van der Waals surface area (Å²) in [6, 6.07) is 9.63. The lowest BCUT2D eigenvalue weighted by Gasteiger charge is -2.30. The summed E-state index contributed by atoms with van der Waals surface area (Å²) >= 11 is 6.08. The van der Waals surface area contributed by atoms with Gasteiger partial charge in [0.2, 0.25) is 6.41 Å². The Kier molecular flexibility index (Phi) is 6.51. The van der Waals surface area contributed by atoms with Gasteiger partial charge in [-0.05, 0) is 74.4 Å². The fourth-order valence-corrected chi connectivity index (χ4v) is 4.48. The normalized spacial score (nSPS) is 18.6. The zero-order valence-electron chi connectivity index (χ0n) is 17.0. The minimum atomic E-state index is -0.426. The van der Waals surface area contributed by atoms with Crippen LogP contribution in [-0.4, -0.2) is 34.9 Å². The Bertz CT molecular complexity index is 1080. The van der Waals surface area contributed by atoms with E-state index in [0.717, 1.165) is 49.5 Å². The van der Waals surface area contributed by atoms with E-state index in [1.54, 1.807) is 12.4 Å². The van der Waals surface area contributed by atoms with Crippen molar-refractivity contribution in [2.75, 3.05) is 11.4 Å². The molecule has 1 saturated carbocycles. The molecular weight excluding hydrogens is 419 g/mol. The van der Waals surface area contributed by atoms with Crippen LogP contribution in [0.3, 0.4) is 0 Å². The molecule has 1 fully saturated rings. The largest absolute Gasteiger partial charge is 0.349 e. The number of rotatable bonds is 7. The summed E-state index contributed by atoms with van der Waals surface area (Å²) in [5.41, 5.74) is 2.82. The summed E-state index contributed by atoms with van der Waals surface area (Å²) in [5.74, 6) is -0.0290. The van der Waals surface area contributed by atoms with E-state index in [4.69, 9.17) is 11.6 Å². The third-order valence-electron chi connectivity index (χ3n) is 5.99. The van der Waals surface area contributed by atoms with Crippen LogP contribution in [0.15, 0.2) is 42.7 Å². The number of imidazole rings is 1. The van der Waals surface area contributed by atoms with Gasteiger partial charge in [0.15, 0.2) is 0 Å². The summed E-state index contributed by atoms with van der Waals surface area (Å²) in [6.45, 7) is 0.529. The van der Waals surface area contributed by atoms with E-state index in [2.05, 4.69) is 15.3 Å². The van der Waals surface area contributed by atoms with Crippen molar-refractivity contribution in [2.24, 2.45) is 5.92 Å². The molecule has 162 valence electrons. The molecule has 4 rings (SSSR count). The van der Waals surface area contributed by atoms with Crippen molar-refractivity contribution in [1.29, 1.82) is 0 Å². The number of amides is 2. The monoisotopic (exact) mass is 442 g/mol. The van der Waals surface area contributed by atoms with Crippen molar-refractivity contribution in [1.82, 2.24) is 15.3 Å². The van der Waals surface area contributed by atoms with E-state index >= 15 is 0 Å². The van der Waals surface area contributed by atoms with Gasteiger partial charge in [0, 0.05) is 18.2 Å². The molecule has 0 saturated heterocycles. The van der Waals surface area contributed by atoms with Crippen LogP contribution in [0.4, 0.5) is 10.1 Å². The summed E-state index contributed by atoms with van der Waals surface area (Å²) < 4.78 is 13.3. The second kappa shape index (κ2) is 9.47. The fourth-order valence-electron chi connectivity index (χ4n) is 4.21. The highest BCUT2D eigenvalue weighted by atomic mass is 35.5. The van der Waals surface area contributed by atoms with Crippen molar-refractivity contribution in [3.05, 3.63) is 59.1 Å². The number of H-pyrrole nitrogens is 1. The molecule has 2 aromatic carbocycles. The van der Waals surface area contributed by atoms with Crippen molar-refractivity contribution in [3.63, 3.8) is 0 Å². The average molecular weight is 443 g/mol. The molecule has 0 atom stereocenters. The topological polar surface area (TPSA) is 78.1 Å². The molecule has 1 aliphatic rings. The molecular formula is C23H24ClFN4O2. The highest BCUT2D eigenvalue weighted by Gasteiger charge is 2.24. The van der Waals surface area contributed by atoms with Crippen molar-refractivity contribution in [3.8, 4) is 0 Å². The first-order chi connectivity index (χ1) is 15.0. The van der Waals surface area contributed by atoms with Crippen molar-refractivity contribution < 1.29 is 14.0 Å². The van der Waals surface area contributed by atoms with Gasteiger partial charge in [-0.15, -0.1) is 0 Å². The molecule has 0 spiro atoms. The molecule has 1 aliphatic carbocycles. The molecule has 0 aliphatic heterocycles. The first-order valence-corrected chi connectivity index (χ1v) is 10.8. The number of nitrogens with zero attached hydrogens (tertiary/aromatic N) is 2. The van der Waals surface area contributed by atoms with Crippen LogP contribution < -0.4 is 10.2 Å². The quantitative estimate of drug-likeness (QED) is 0.521. The number of carbonyl (C=O) groups excluding carboxylic acids is 2. The summed E-state index contributed by atoms with van der Waals surface area (Å²) in [6.07, 6.45) is 6.96. The first-order valence-electron chi connectivity index (χ1n) is 10.4. The van der Waals surface area contributed by atoms with Crippen LogP contribution in [0.1, 0.15) is 42.5 Å². The SMILES string of the molecule is O=CN(CCC1CCC(NC(=O)c2ccc3nc[nH]c3c2)CC1)c1ccc(F)cc1Cl. The van der Waals surface area contributed by atoms with Crippen LogP contribution in [0.25, 0.3) is 11.0 Å². The Balaban J connectivity index is 1.26. The van der Waals surface area contributed by atoms with Gasteiger partial charge < -0.3 is 15.2 Å². The van der Waals surface area contributed by atoms with Crippen LogP contribution in [-0.2, 0) is 4.79 Å². The van der Waals surface area contributed by atoms with E-state index in [9.17, 15) is 14.0 Å². The van der Waals surface area contributed by atoms with Crippen molar-refractivity contribution in [2.45, 2.75) is 38.1 Å². The molecule has 2 N–H and O–H groups in total. The van der Waals surface area contributed by atoms with Gasteiger partial charge >= 0.3 is 0 Å². The van der Waals surface area contributed by atoms with E-state index < -0.39 is 5.82 Å². The van der Waals surface area contributed by atoms with Gasteiger partial charge in [-0.2, -0.15) is 0 Å².